The first-order chi connectivity index (χ1) is 8.69. The maximum atomic E-state index is 13.8. The minimum Gasteiger partial charge on any atom is -0.479 e. The number of carboxylic acids is 1. The summed E-state index contributed by atoms with van der Waals surface area (Å²) in [4.78, 5) is 10.7. The second-order valence-electron chi connectivity index (χ2n) is 3.92. The molecule has 0 radical (unpaired) electrons. The predicted molar refractivity (Wildman–Crippen MR) is 68.4 cm³/mol. The lowest BCUT2D eigenvalue weighted by Gasteiger charge is -2.21. The smallest absolute Gasteiger partial charge is 0.344 e. The van der Waals surface area contributed by atoms with Crippen molar-refractivity contribution in [2.24, 2.45) is 0 Å². The van der Waals surface area contributed by atoms with E-state index in [-0.39, 0.29) is 15.8 Å². The fraction of sp³-hybridized carbons (Fsp3) is 0.417. The number of alkyl halides is 2. The molecule has 1 atom stereocenters. The normalized spacial score (nSPS) is 13.2. The van der Waals surface area contributed by atoms with Gasteiger partial charge in [0, 0.05) is 12.5 Å². The maximum Gasteiger partial charge on any atom is 0.344 e. The number of hydrogen-bond donors (Lipinski definition) is 1. The monoisotopic (exact) mass is 312 g/mol. The molecule has 0 saturated heterocycles. The highest BCUT2D eigenvalue weighted by Gasteiger charge is 2.34. The summed E-state index contributed by atoms with van der Waals surface area (Å²) in [6.07, 6.45) is -1.74. The van der Waals surface area contributed by atoms with Crippen LogP contribution in [0.25, 0.3) is 0 Å². The Morgan fingerprint density at radius 1 is 1.42 bits per heavy atom. The van der Waals surface area contributed by atoms with Crippen LogP contribution in [-0.2, 0) is 10.7 Å². The summed E-state index contributed by atoms with van der Waals surface area (Å²) >= 11 is 11.4. The van der Waals surface area contributed by atoms with Gasteiger partial charge in [0.1, 0.15) is 5.75 Å². The number of carbonyl (C=O) groups is 1. The Bertz CT molecular complexity index is 492. The minimum atomic E-state index is -3.18. The zero-order chi connectivity index (χ0) is 14.8. The third-order valence-electron chi connectivity index (χ3n) is 2.51. The van der Waals surface area contributed by atoms with Gasteiger partial charge in [-0.3, -0.25) is 0 Å². The van der Waals surface area contributed by atoms with E-state index in [0.717, 1.165) is 12.1 Å². The van der Waals surface area contributed by atoms with Gasteiger partial charge in [-0.25, -0.2) is 13.6 Å². The van der Waals surface area contributed by atoms with E-state index in [4.69, 9.17) is 33.0 Å². The van der Waals surface area contributed by atoms with Gasteiger partial charge < -0.3 is 9.84 Å². The van der Waals surface area contributed by atoms with Crippen molar-refractivity contribution in [3.63, 3.8) is 0 Å². The van der Waals surface area contributed by atoms with Gasteiger partial charge in [-0.15, -0.1) is 0 Å². The number of rotatable bonds is 5. The van der Waals surface area contributed by atoms with E-state index in [1.807, 2.05) is 0 Å². The zero-order valence-electron chi connectivity index (χ0n) is 10.2. The van der Waals surface area contributed by atoms with E-state index in [1.165, 1.54) is 13.8 Å². The van der Waals surface area contributed by atoms with Gasteiger partial charge >= 0.3 is 5.97 Å². The lowest BCUT2D eigenvalue weighted by Crippen LogP contribution is -2.25. The molecule has 0 heterocycles. The Labute approximate surface area is 119 Å². The summed E-state index contributed by atoms with van der Waals surface area (Å²) in [5.41, 5.74) is -0.475. The lowest BCUT2D eigenvalue weighted by molar-refractivity contribution is -0.144. The van der Waals surface area contributed by atoms with Crippen molar-refractivity contribution < 1.29 is 23.4 Å². The Morgan fingerprint density at radius 2 is 1.95 bits per heavy atom. The van der Waals surface area contributed by atoms with Gasteiger partial charge in [0.25, 0.3) is 5.92 Å². The lowest BCUT2D eigenvalue weighted by atomic mass is 10.0. The Morgan fingerprint density at radius 3 is 2.42 bits per heavy atom. The molecule has 1 aromatic rings. The van der Waals surface area contributed by atoms with E-state index >= 15 is 0 Å². The molecule has 0 aliphatic heterocycles. The van der Waals surface area contributed by atoms with Crippen LogP contribution in [0.15, 0.2) is 12.1 Å². The van der Waals surface area contributed by atoms with Crippen LogP contribution in [0.5, 0.6) is 5.75 Å². The van der Waals surface area contributed by atoms with Gasteiger partial charge in [0.15, 0.2) is 6.10 Å². The van der Waals surface area contributed by atoms with Crippen LogP contribution in [-0.4, -0.2) is 17.2 Å². The number of aliphatic carboxylic acids is 1. The molecule has 0 fully saturated rings. The molecule has 1 N–H and O–H groups in total. The van der Waals surface area contributed by atoms with Gasteiger partial charge in [-0.05, 0) is 13.0 Å². The summed E-state index contributed by atoms with van der Waals surface area (Å²) < 4.78 is 32.6. The molecule has 0 aliphatic rings. The maximum absolute atomic E-state index is 13.8. The van der Waals surface area contributed by atoms with Crippen LogP contribution in [0.4, 0.5) is 8.78 Å². The average Bonchev–Trinajstić information content (AvgIpc) is 2.33. The number of ether oxygens (including phenoxy) is 1. The van der Waals surface area contributed by atoms with Gasteiger partial charge in [-0.2, -0.15) is 0 Å². The molecule has 0 aliphatic carbocycles. The third kappa shape index (κ3) is 3.70. The highest BCUT2D eigenvalue weighted by atomic mass is 35.5. The van der Waals surface area contributed by atoms with Crippen LogP contribution in [0.3, 0.4) is 0 Å². The fourth-order valence-electron chi connectivity index (χ4n) is 1.34. The molecule has 0 unspecified atom stereocenters. The molecular weight excluding hydrogens is 301 g/mol. The summed E-state index contributed by atoms with van der Waals surface area (Å²) in [6, 6.07) is 2.10. The molecule has 0 spiro atoms. The molecule has 106 valence electrons. The van der Waals surface area contributed by atoms with Crippen molar-refractivity contribution in [1.29, 1.82) is 0 Å². The van der Waals surface area contributed by atoms with E-state index in [1.54, 1.807) is 0 Å². The van der Waals surface area contributed by atoms with Gasteiger partial charge in [-0.1, -0.05) is 30.1 Å². The first kappa shape index (κ1) is 16.0. The fourth-order valence-corrected chi connectivity index (χ4v) is 1.66. The molecule has 1 rings (SSSR count). The molecular formula is C12H12Cl2F2O3. The molecule has 0 saturated carbocycles. The number of carboxylic acid groups (broad SMARTS) is 1. The van der Waals surface area contributed by atoms with Crippen molar-refractivity contribution >= 4 is 29.2 Å². The Balaban J connectivity index is 3.28. The average molecular weight is 313 g/mol. The van der Waals surface area contributed by atoms with Crippen molar-refractivity contribution in [2.75, 3.05) is 0 Å². The molecule has 0 bridgehead atoms. The third-order valence-corrected chi connectivity index (χ3v) is 3.23. The van der Waals surface area contributed by atoms with Crippen LogP contribution in [0.2, 0.25) is 10.0 Å². The van der Waals surface area contributed by atoms with Crippen LogP contribution < -0.4 is 4.74 Å². The standard InChI is InChI=1S/C12H12Cl2F2O3/c1-3-12(15,16)7-4-8(13)9(14)5-10(7)19-6(2)11(17)18/h4-6H,3H2,1-2H3,(H,17,18)/t6-/m0/s1. The quantitative estimate of drug-likeness (QED) is 0.879. The van der Waals surface area contributed by atoms with Crippen molar-refractivity contribution in [2.45, 2.75) is 32.3 Å². The summed E-state index contributed by atoms with van der Waals surface area (Å²) in [6.45, 7) is 2.53. The molecule has 1 aromatic carbocycles. The first-order valence-electron chi connectivity index (χ1n) is 5.45. The molecule has 7 heteroatoms. The molecule has 0 aromatic heterocycles. The van der Waals surface area contributed by atoms with Crippen molar-refractivity contribution in [1.82, 2.24) is 0 Å². The van der Waals surface area contributed by atoms with Crippen molar-refractivity contribution in [3.8, 4) is 5.75 Å². The highest BCUT2D eigenvalue weighted by molar-refractivity contribution is 6.42. The molecule has 19 heavy (non-hydrogen) atoms. The highest BCUT2D eigenvalue weighted by Crippen LogP contribution is 2.41. The van der Waals surface area contributed by atoms with Crippen LogP contribution in [0, 0.1) is 0 Å². The van der Waals surface area contributed by atoms with E-state index in [0.29, 0.717) is 0 Å². The summed E-state index contributed by atoms with van der Waals surface area (Å²) in [7, 11) is 0. The topological polar surface area (TPSA) is 46.5 Å². The van der Waals surface area contributed by atoms with Gasteiger partial charge in [0.2, 0.25) is 0 Å². The predicted octanol–water partition coefficient (Wildman–Crippen LogP) is 4.35. The van der Waals surface area contributed by atoms with E-state index in [2.05, 4.69) is 0 Å². The minimum absolute atomic E-state index is 0.0184. The Hall–Kier alpha value is -1.07. The zero-order valence-corrected chi connectivity index (χ0v) is 11.7. The number of benzene rings is 1. The second-order valence-corrected chi connectivity index (χ2v) is 4.73. The van der Waals surface area contributed by atoms with Crippen molar-refractivity contribution in [3.05, 3.63) is 27.7 Å². The molecule has 0 amide bonds. The van der Waals surface area contributed by atoms with Crippen LogP contribution in [0.1, 0.15) is 25.8 Å². The van der Waals surface area contributed by atoms with E-state index in [9.17, 15) is 13.6 Å². The largest absolute Gasteiger partial charge is 0.479 e. The Kier molecular flexibility index (Phi) is 4.98. The number of hydrogen-bond acceptors (Lipinski definition) is 2. The SMILES string of the molecule is CCC(F)(F)c1cc(Cl)c(Cl)cc1O[C@@H](C)C(=O)O. The number of halogens is 4. The second kappa shape index (κ2) is 5.92. The van der Waals surface area contributed by atoms with E-state index < -0.39 is 30.0 Å². The summed E-state index contributed by atoms with van der Waals surface area (Å²) in [5.74, 6) is -4.73. The van der Waals surface area contributed by atoms with Crippen LogP contribution >= 0.6 is 23.2 Å². The first-order valence-corrected chi connectivity index (χ1v) is 6.21. The van der Waals surface area contributed by atoms with Gasteiger partial charge in [0.05, 0.1) is 15.6 Å². The molecule has 3 nitrogen and oxygen atoms in total. The summed E-state index contributed by atoms with van der Waals surface area (Å²) in [5, 5.41) is 8.72.